The molecule has 0 saturated carbocycles. The molecule has 2 rings (SSSR count). The van der Waals surface area contributed by atoms with Crippen molar-refractivity contribution in [3.8, 4) is 0 Å². The lowest BCUT2D eigenvalue weighted by atomic mass is 9.83. The van der Waals surface area contributed by atoms with Gasteiger partial charge in [0.15, 0.2) is 0 Å². The maximum absolute atomic E-state index is 6.18. The number of hydrogen-bond acceptors (Lipinski definition) is 3. The van der Waals surface area contributed by atoms with E-state index in [0.29, 0.717) is 0 Å². The van der Waals surface area contributed by atoms with Crippen LogP contribution in [-0.4, -0.2) is 7.05 Å². The number of para-hydroxylation sites is 1. The molecule has 25 heavy (non-hydrogen) atoms. The van der Waals surface area contributed by atoms with Gasteiger partial charge in [-0.15, -0.1) is 0 Å². The zero-order chi connectivity index (χ0) is 18.9. The van der Waals surface area contributed by atoms with E-state index < -0.39 is 0 Å². The molecule has 0 radical (unpaired) electrons. The van der Waals surface area contributed by atoms with Gasteiger partial charge in [-0.05, 0) is 23.1 Å². The molecule has 3 nitrogen and oxygen atoms in total. The van der Waals surface area contributed by atoms with Crippen molar-refractivity contribution in [1.82, 2.24) is 5.32 Å². The lowest BCUT2D eigenvalue weighted by molar-refractivity contribution is 0.588. The van der Waals surface area contributed by atoms with E-state index in [1.165, 1.54) is 17.5 Å². The monoisotopic (exact) mass is 339 g/mol. The van der Waals surface area contributed by atoms with E-state index in [9.17, 15) is 0 Å². The smallest absolute Gasteiger partial charge is 0.0595 e. The summed E-state index contributed by atoms with van der Waals surface area (Å²) in [6.07, 6.45) is 3.18. The number of hydrazine groups is 1. The van der Waals surface area contributed by atoms with Crippen LogP contribution in [0.3, 0.4) is 0 Å². The van der Waals surface area contributed by atoms with Crippen LogP contribution in [0.2, 0.25) is 0 Å². The van der Waals surface area contributed by atoms with Gasteiger partial charge in [0.1, 0.15) is 0 Å². The van der Waals surface area contributed by atoms with E-state index in [1.807, 2.05) is 43.6 Å². The van der Waals surface area contributed by atoms with E-state index in [0.717, 1.165) is 11.4 Å². The molecule has 0 aromatic heterocycles. The first-order chi connectivity index (χ1) is 11.8. The maximum atomic E-state index is 6.18. The summed E-state index contributed by atoms with van der Waals surface area (Å²) in [7, 11) is 1.92. The highest BCUT2D eigenvalue weighted by molar-refractivity contribution is 5.70. The van der Waals surface area contributed by atoms with Crippen LogP contribution in [0.5, 0.6) is 0 Å². The van der Waals surface area contributed by atoms with Gasteiger partial charge in [-0.25, -0.2) is 5.84 Å². The molecule has 0 heterocycles. The summed E-state index contributed by atoms with van der Waals surface area (Å²) in [5.74, 6) is 6.18. The van der Waals surface area contributed by atoms with Gasteiger partial charge < -0.3 is 5.32 Å². The Hall–Kier alpha value is -2.26. The Labute approximate surface area is 153 Å². The van der Waals surface area contributed by atoms with Crippen LogP contribution in [0.1, 0.15) is 52.2 Å². The third kappa shape index (κ3) is 6.28. The molecular formula is C22H33N3. The van der Waals surface area contributed by atoms with Crippen LogP contribution in [0, 0.1) is 0 Å². The van der Waals surface area contributed by atoms with Crippen molar-refractivity contribution < 1.29 is 0 Å². The molecule has 3 heteroatoms. The van der Waals surface area contributed by atoms with E-state index in [2.05, 4.69) is 64.2 Å². The van der Waals surface area contributed by atoms with Crippen LogP contribution in [0.4, 0.5) is 5.69 Å². The molecule has 0 fully saturated rings. The Morgan fingerprint density at radius 3 is 2.04 bits per heavy atom. The quantitative estimate of drug-likeness (QED) is 0.587. The number of nitrogens with one attached hydrogen (secondary N) is 1. The third-order valence-corrected chi connectivity index (χ3v) is 3.62. The second-order valence-electron chi connectivity index (χ2n) is 7.04. The summed E-state index contributed by atoms with van der Waals surface area (Å²) in [6.45, 7) is 10.9. The molecule has 0 bridgehead atoms. The van der Waals surface area contributed by atoms with Crippen LogP contribution in [-0.2, 0) is 5.41 Å². The topological polar surface area (TPSA) is 41.3 Å². The van der Waals surface area contributed by atoms with Gasteiger partial charge in [0.2, 0.25) is 0 Å². The predicted octanol–water partition coefficient (Wildman–Crippen LogP) is 5.30. The number of benzene rings is 2. The SMILES string of the molecule is CCC.CN/C(=C\N(N)c1ccccc1)c1ccccc1C(C)(C)C. The highest BCUT2D eigenvalue weighted by Crippen LogP contribution is 2.29. The number of anilines is 1. The number of rotatable bonds is 4. The molecule has 2 aromatic rings. The zero-order valence-electron chi connectivity index (χ0n) is 16.5. The van der Waals surface area contributed by atoms with Gasteiger partial charge in [0, 0.05) is 18.8 Å². The van der Waals surface area contributed by atoms with Crippen molar-refractivity contribution in [3.05, 3.63) is 71.9 Å². The first-order valence-corrected chi connectivity index (χ1v) is 8.93. The van der Waals surface area contributed by atoms with Crippen molar-refractivity contribution in [1.29, 1.82) is 0 Å². The second-order valence-corrected chi connectivity index (χ2v) is 7.04. The van der Waals surface area contributed by atoms with Crippen molar-refractivity contribution in [2.24, 2.45) is 5.84 Å². The fraction of sp³-hybridized carbons (Fsp3) is 0.364. The second kappa shape index (κ2) is 9.90. The summed E-state index contributed by atoms with van der Waals surface area (Å²) in [4.78, 5) is 0. The minimum Gasteiger partial charge on any atom is -0.386 e. The van der Waals surface area contributed by atoms with E-state index in [-0.39, 0.29) is 5.41 Å². The average Bonchev–Trinajstić information content (AvgIpc) is 2.60. The van der Waals surface area contributed by atoms with E-state index >= 15 is 0 Å². The summed E-state index contributed by atoms with van der Waals surface area (Å²) in [6, 6.07) is 18.3. The zero-order valence-corrected chi connectivity index (χ0v) is 16.5. The van der Waals surface area contributed by atoms with Crippen molar-refractivity contribution in [2.75, 3.05) is 12.1 Å². The van der Waals surface area contributed by atoms with Gasteiger partial charge in [0.05, 0.1) is 11.4 Å². The fourth-order valence-electron chi connectivity index (χ4n) is 2.45. The summed E-state index contributed by atoms with van der Waals surface area (Å²) >= 11 is 0. The molecule has 0 aliphatic heterocycles. The predicted molar refractivity (Wildman–Crippen MR) is 111 cm³/mol. The van der Waals surface area contributed by atoms with Crippen molar-refractivity contribution in [2.45, 2.75) is 46.5 Å². The van der Waals surface area contributed by atoms with Crippen LogP contribution >= 0.6 is 0 Å². The summed E-state index contributed by atoms with van der Waals surface area (Å²) < 4.78 is 0. The molecular weight excluding hydrogens is 306 g/mol. The Bertz CT molecular complexity index is 654. The molecule has 0 unspecified atom stereocenters. The van der Waals surface area contributed by atoms with Gasteiger partial charge >= 0.3 is 0 Å². The van der Waals surface area contributed by atoms with E-state index in [1.54, 1.807) is 5.01 Å². The summed E-state index contributed by atoms with van der Waals surface area (Å²) in [5, 5.41) is 4.92. The third-order valence-electron chi connectivity index (χ3n) is 3.62. The highest BCUT2D eigenvalue weighted by atomic mass is 15.4. The highest BCUT2D eigenvalue weighted by Gasteiger charge is 2.19. The molecule has 3 N–H and O–H groups in total. The van der Waals surface area contributed by atoms with Crippen LogP contribution < -0.4 is 16.2 Å². The van der Waals surface area contributed by atoms with Crippen LogP contribution in [0.15, 0.2) is 60.8 Å². The van der Waals surface area contributed by atoms with Gasteiger partial charge in [-0.3, -0.25) is 5.01 Å². The molecule has 136 valence electrons. The molecule has 0 saturated heterocycles. The van der Waals surface area contributed by atoms with E-state index in [4.69, 9.17) is 5.84 Å². The maximum Gasteiger partial charge on any atom is 0.0595 e. The minimum absolute atomic E-state index is 0.0682. The lowest BCUT2D eigenvalue weighted by Gasteiger charge is -2.25. The Morgan fingerprint density at radius 1 is 1.00 bits per heavy atom. The summed E-state index contributed by atoms with van der Waals surface area (Å²) in [5.41, 5.74) is 4.47. The van der Waals surface area contributed by atoms with Crippen LogP contribution in [0.25, 0.3) is 5.70 Å². The first kappa shape index (κ1) is 20.8. The Balaban J connectivity index is 0.000000970. The molecule has 0 atom stereocenters. The van der Waals surface area contributed by atoms with Gasteiger partial charge in [0.25, 0.3) is 0 Å². The molecule has 2 aromatic carbocycles. The van der Waals surface area contributed by atoms with Gasteiger partial charge in [-0.2, -0.15) is 0 Å². The minimum atomic E-state index is 0.0682. The first-order valence-electron chi connectivity index (χ1n) is 8.93. The standard InChI is InChI=1S/C19H25N3.C3H8/c1-19(2,3)17-13-9-8-12-16(17)18(21-4)14-22(20)15-10-6-5-7-11-15;1-3-2/h5-14,21H,20H2,1-4H3;3H2,1-2H3/b18-14-;. The Kier molecular flexibility index (Phi) is 8.23. The number of nitrogens with two attached hydrogens (primary N) is 1. The lowest BCUT2D eigenvalue weighted by Crippen LogP contribution is -2.27. The molecule has 0 aliphatic carbocycles. The molecule has 0 amide bonds. The number of nitrogens with zero attached hydrogens (tertiary/aromatic N) is 1. The van der Waals surface area contributed by atoms with Gasteiger partial charge in [-0.1, -0.05) is 83.5 Å². The normalized spacial score (nSPS) is 11.4. The molecule has 0 aliphatic rings. The fourth-order valence-corrected chi connectivity index (χ4v) is 2.45. The number of hydrogen-bond donors (Lipinski definition) is 2. The average molecular weight is 340 g/mol. The van der Waals surface area contributed by atoms with Crippen molar-refractivity contribution in [3.63, 3.8) is 0 Å². The molecule has 0 spiro atoms. The largest absolute Gasteiger partial charge is 0.386 e. The Morgan fingerprint density at radius 2 is 1.52 bits per heavy atom. The van der Waals surface area contributed by atoms with Crippen molar-refractivity contribution >= 4 is 11.4 Å².